The van der Waals surface area contributed by atoms with E-state index in [0.29, 0.717) is 48.4 Å². The molecule has 348 valence electrons. The Balaban J connectivity index is 0.000000212. The molecule has 12 N–H and O–H groups in total. The molecule has 27 heteroatoms. The summed E-state index contributed by atoms with van der Waals surface area (Å²) in [5.41, 5.74) is 23.9. The number of anilines is 3. The van der Waals surface area contributed by atoms with Crippen molar-refractivity contribution in [3.8, 4) is 0 Å². The molecular formula is C37H54N16O11. The molecule has 0 radical (unpaired) electrons. The minimum atomic E-state index is -0.647. The fourth-order valence-corrected chi connectivity index (χ4v) is 5.53. The fourth-order valence-electron chi connectivity index (χ4n) is 5.53. The maximum atomic E-state index is 11.6. The zero-order chi connectivity index (χ0) is 46.9. The van der Waals surface area contributed by atoms with Crippen molar-refractivity contribution in [2.24, 2.45) is 23.5 Å². The van der Waals surface area contributed by atoms with Gasteiger partial charge in [-0.15, -0.1) is 0 Å². The molecule has 6 rings (SSSR count). The first-order valence-corrected chi connectivity index (χ1v) is 19.8. The number of nitrogens with zero attached hydrogens (tertiary/aromatic N) is 10. The third-order valence-electron chi connectivity index (χ3n) is 9.17. The zero-order valence-electron chi connectivity index (χ0n) is 35.7. The molecule has 0 unspecified atom stereocenters. The summed E-state index contributed by atoms with van der Waals surface area (Å²) in [4.78, 5) is 89.5. The lowest BCUT2D eigenvalue weighted by Gasteiger charge is -2.16. The topological polar surface area (TPSA) is 403 Å². The van der Waals surface area contributed by atoms with Gasteiger partial charge in [0.1, 0.15) is 24.9 Å². The first-order valence-electron chi connectivity index (χ1n) is 19.8. The molecule has 64 heavy (non-hydrogen) atoms. The zero-order valence-corrected chi connectivity index (χ0v) is 35.7. The number of hydrogen-bond donors (Lipinski definition) is 8. The van der Waals surface area contributed by atoms with Gasteiger partial charge in [-0.05, 0) is 18.8 Å². The minimum absolute atomic E-state index is 0.000790. The van der Waals surface area contributed by atoms with E-state index in [1.54, 1.807) is 17.1 Å². The molecule has 0 spiro atoms. The number of rotatable bonds is 19. The molecular weight excluding hydrogens is 845 g/mol. The Kier molecular flexibility index (Phi) is 18.5. The Morgan fingerprint density at radius 1 is 0.703 bits per heavy atom. The number of aliphatic hydroxyl groups is 2. The lowest BCUT2D eigenvalue weighted by Crippen LogP contribution is -2.37. The number of carbonyl (C=O) groups is 3. The average Bonchev–Trinajstić information content (AvgIpc) is 3.97. The smallest absolute Gasteiger partial charge is 0.323 e. The van der Waals surface area contributed by atoms with Gasteiger partial charge in [0.15, 0.2) is 28.0 Å². The standard InChI is InChI=1S/C14H19N5O4.C13H20N6O4.C10H15N5O3/c1-9(20)22-6-11(7-23-10(2)21)3-4-19-8-17-12-5-16-14(15)18-13(12)19;1-7(2)8(14)12(21)23-4-3-22-6-19-5-16-9-10(19)17-13(15)18-11(9)20;11-10-13-8-7(9(18)14-10)12-5-15(8)2-1-6(3-16)4-17/h5,8,11H,3-4,6-7H2,1-2H3,(H2,15,16,18);5,7-8H,3-4,6,14H2,1-2H3,(H3,15,17,18,20);5-6,16-17H,1-4H2,(H3,11,13,14,18)/t;8-;/m.0./s1. The average molecular weight is 899 g/mol. The summed E-state index contributed by atoms with van der Waals surface area (Å²) in [6.07, 6.45) is 7.31. The summed E-state index contributed by atoms with van der Waals surface area (Å²) in [7, 11) is 0. The van der Waals surface area contributed by atoms with Crippen molar-refractivity contribution in [2.75, 3.05) is 56.8 Å². The Labute approximate surface area is 363 Å². The molecule has 6 aromatic rings. The highest BCUT2D eigenvalue weighted by atomic mass is 16.6. The summed E-state index contributed by atoms with van der Waals surface area (Å²) in [6.45, 7) is 7.99. The van der Waals surface area contributed by atoms with Crippen LogP contribution in [0.15, 0.2) is 34.8 Å². The molecule has 0 bridgehead atoms. The number of carbonyl (C=O) groups excluding carboxylic acids is 3. The molecule has 0 fully saturated rings. The Bertz CT molecular complexity index is 2560. The maximum absolute atomic E-state index is 11.6. The van der Waals surface area contributed by atoms with Gasteiger partial charge >= 0.3 is 17.9 Å². The van der Waals surface area contributed by atoms with Crippen molar-refractivity contribution >= 4 is 69.2 Å². The first kappa shape index (κ1) is 49.6. The van der Waals surface area contributed by atoms with Crippen molar-refractivity contribution in [1.82, 2.24) is 58.6 Å². The van der Waals surface area contributed by atoms with E-state index in [1.165, 1.54) is 31.1 Å². The fraction of sp³-hybridized carbons (Fsp3) is 0.514. The van der Waals surface area contributed by atoms with Gasteiger partial charge in [0, 0.05) is 52.0 Å². The highest BCUT2D eigenvalue weighted by Gasteiger charge is 2.19. The molecule has 0 aliphatic heterocycles. The van der Waals surface area contributed by atoms with Crippen LogP contribution in [0.5, 0.6) is 0 Å². The number of H-pyrrole nitrogens is 2. The number of aryl methyl sites for hydroxylation is 2. The van der Waals surface area contributed by atoms with E-state index in [-0.39, 0.29) is 111 Å². The number of esters is 3. The lowest BCUT2D eigenvalue weighted by molar-refractivity contribution is -0.148. The number of ether oxygens (including phenoxy) is 4. The van der Waals surface area contributed by atoms with Crippen molar-refractivity contribution in [3.05, 3.63) is 45.9 Å². The normalized spacial score (nSPS) is 11.7. The third kappa shape index (κ3) is 14.5. The van der Waals surface area contributed by atoms with E-state index in [0.717, 1.165) is 0 Å². The van der Waals surface area contributed by atoms with Gasteiger partial charge in [-0.25, -0.2) is 19.9 Å². The van der Waals surface area contributed by atoms with E-state index < -0.39 is 17.6 Å². The summed E-state index contributed by atoms with van der Waals surface area (Å²) in [6, 6.07) is -0.647. The van der Waals surface area contributed by atoms with Crippen LogP contribution in [0.3, 0.4) is 0 Å². The van der Waals surface area contributed by atoms with Gasteiger partial charge < -0.3 is 61.2 Å². The molecule has 27 nitrogen and oxygen atoms in total. The minimum Gasteiger partial charge on any atom is -0.465 e. The van der Waals surface area contributed by atoms with Crippen molar-refractivity contribution in [3.63, 3.8) is 0 Å². The van der Waals surface area contributed by atoms with Crippen molar-refractivity contribution in [2.45, 2.75) is 66.4 Å². The molecule has 0 aliphatic rings. The van der Waals surface area contributed by atoms with Gasteiger partial charge in [0.05, 0.1) is 45.0 Å². The summed E-state index contributed by atoms with van der Waals surface area (Å²) in [5.74, 6) is -1.28. The van der Waals surface area contributed by atoms with Gasteiger partial charge in [-0.2, -0.15) is 15.0 Å². The molecule has 0 saturated heterocycles. The second-order valence-corrected chi connectivity index (χ2v) is 14.5. The van der Waals surface area contributed by atoms with Crippen LogP contribution in [0.4, 0.5) is 17.8 Å². The summed E-state index contributed by atoms with van der Waals surface area (Å²) in [5, 5.41) is 18.0. The van der Waals surface area contributed by atoms with E-state index in [4.69, 9.17) is 52.1 Å². The van der Waals surface area contributed by atoms with Crippen LogP contribution in [-0.2, 0) is 53.2 Å². The quantitative estimate of drug-likeness (QED) is 0.0259. The van der Waals surface area contributed by atoms with Crippen LogP contribution >= 0.6 is 0 Å². The maximum Gasteiger partial charge on any atom is 0.323 e. The van der Waals surface area contributed by atoms with Gasteiger partial charge in [-0.1, -0.05) is 13.8 Å². The highest BCUT2D eigenvalue weighted by molar-refractivity contribution is 5.76. The predicted molar refractivity (Wildman–Crippen MR) is 228 cm³/mol. The number of nitrogens with two attached hydrogens (primary N) is 4. The molecule has 6 heterocycles. The number of nitrogens with one attached hydrogen (secondary N) is 2. The molecule has 0 amide bonds. The van der Waals surface area contributed by atoms with E-state index in [9.17, 15) is 24.0 Å². The number of aromatic amines is 2. The summed E-state index contributed by atoms with van der Waals surface area (Å²) >= 11 is 0. The number of nitrogen functional groups attached to an aromatic ring is 3. The first-order chi connectivity index (χ1) is 30.5. The highest BCUT2D eigenvalue weighted by Crippen LogP contribution is 2.15. The van der Waals surface area contributed by atoms with E-state index >= 15 is 0 Å². The summed E-state index contributed by atoms with van der Waals surface area (Å²) < 4.78 is 25.4. The van der Waals surface area contributed by atoms with Crippen LogP contribution in [0.25, 0.3) is 33.5 Å². The second kappa shape index (κ2) is 23.9. The second-order valence-electron chi connectivity index (χ2n) is 14.5. The Morgan fingerprint density at radius 2 is 1.22 bits per heavy atom. The van der Waals surface area contributed by atoms with Gasteiger partial charge in [-0.3, -0.25) is 38.5 Å². The number of imidazole rings is 3. The predicted octanol–water partition coefficient (Wildman–Crippen LogP) is -1.56. The SMILES string of the molecule is CC(=O)OCC(CCn1cnc2cnc(N)nc21)COC(C)=O.CC(C)[C@H](N)C(=O)OCCOCn1cnc2c(=O)[nH]c(N)nc21.Nc1nc2c(ncn2CCC(CO)CO)c(=O)[nH]1. The van der Waals surface area contributed by atoms with Crippen LogP contribution in [0, 0.1) is 17.8 Å². The third-order valence-corrected chi connectivity index (χ3v) is 9.17. The van der Waals surface area contributed by atoms with Gasteiger partial charge in [0.2, 0.25) is 17.8 Å². The number of hydrogen-bond acceptors (Lipinski definition) is 22. The Hall–Kier alpha value is -7.10. The Morgan fingerprint density at radius 3 is 1.77 bits per heavy atom. The van der Waals surface area contributed by atoms with Crippen LogP contribution in [0.1, 0.15) is 40.5 Å². The lowest BCUT2D eigenvalue weighted by atomic mass is 10.1. The van der Waals surface area contributed by atoms with Crippen LogP contribution in [0.2, 0.25) is 0 Å². The number of aliphatic hydroxyl groups excluding tert-OH is 2. The number of fused-ring (bicyclic) bond motifs is 3. The molecule has 0 aliphatic carbocycles. The molecule has 6 aromatic heterocycles. The van der Waals surface area contributed by atoms with Crippen LogP contribution < -0.4 is 34.1 Å². The molecule has 0 saturated carbocycles. The van der Waals surface area contributed by atoms with Gasteiger partial charge in [0.25, 0.3) is 11.1 Å². The van der Waals surface area contributed by atoms with E-state index in [1.807, 2.05) is 18.4 Å². The van der Waals surface area contributed by atoms with E-state index in [2.05, 4.69) is 44.9 Å². The largest absolute Gasteiger partial charge is 0.465 e. The molecule has 0 aromatic carbocycles. The molecule has 1 atom stereocenters. The van der Waals surface area contributed by atoms with Crippen LogP contribution in [-0.4, -0.2) is 132 Å². The monoisotopic (exact) mass is 898 g/mol. The number of aromatic nitrogens is 12. The van der Waals surface area contributed by atoms with Crippen molar-refractivity contribution < 1.29 is 43.5 Å². The van der Waals surface area contributed by atoms with Crippen molar-refractivity contribution in [1.29, 1.82) is 0 Å².